The first-order valence-electron chi connectivity index (χ1n) is 9.96. The quantitative estimate of drug-likeness (QED) is 0.175. The molecule has 0 atom stereocenters. The van der Waals surface area contributed by atoms with Gasteiger partial charge in [0, 0.05) is 16.0 Å². The lowest BCUT2D eigenvalue weighted by molar-refractivity contribution is 0.0977. The molecule has 7 heteroatoms. The Labute approximate surface area is 184 Å². The van der Waals surface area contributed by atoms with Crippen molar-refractivity contribution in [2.45, 2.75) is 13.8 Å². The van der Waals surface area contributed by atoms with Crippen molar-refractivity contribution in [2.24, 2.45) is 5.11 Å². The van der Waals surface area contributed by atoms with Crippen molar-refractivity contribution in [3.63, 3.8) is 0 Å². The van der Waals surface area contributed by atoms with Crippen LogP contribution in [-0.2, 0) is 0 Å². The minimum absolute atomic E-state index is 0.0979. The lowest BCUT2D eigenvalue weighted by atomic mass is 9.97. The number of hydrogen-bond donors (Lipinski definition) is 0. The van der Waals surface area contributed by atoms with E-state index in [1.807, 2.05) is 62.4 Å². The smallest absolute Gasteiger partial charge is 0.270 e. The standard InChI is InChI=1S/C25H19N5O2/c1-16-13-14-17(2)20(15-16)30-23(18-9-5-3-6-10-18)21(22(28-30)25(32)27-29-26)24(31)19-11-7-4-8-12-19/h3-15H,1-2H3. The third-order valence-corrected chi connectivity index (χ3v) is 5.13. The molecule has 0 unspecified atom stereocenters. The molecule has 0 spiro atoms. The van der Waals surface area contributed by atoms with Crippen LogP contribution in [0.1, 0.15) is 37.5 Å². The lowest BCUT2D eigenvalue weighted by Crippen LogP contribution is -2.08. The summed E-state index contributed by atoms with van der Waals surface area (Å²) in [6.45, 7) is 3.88. The fourth-order valence-corrected chi connectivity index (χ4v) is 3.59. The Kier molecular flexibility index (Phi) is 5.66. The summed E-state index contributed by atoms with van der Waals surface area (Å²) in [4.78, 5) is 29.0. The van der Waals surface area contributed by atoms with E-state index in [2.05, 4.69) is 15.1 Å². The summed E-state index contributed by atoms with van der Waals surface area (Å²) in [7, 11) is 0. The largest absolute Gasteiger partial charge is 0.288 e. The Morgan fingerprint density at radius 1 is 0.938 bits per heavy atom. The van der Waals surface area contributed by atoms with Gasteiger partial charge in [-0.25, -0.2) is 4.68 Å². The number of carbonyl (C=O) groups is 2. The zero-order chi connectivity index (χ0) is 22.7. The summed E-state index contributed by atoms with van der Waals surface area (Å²) in [5.41, 5.74) is 13.0. The number of azide groups is 1. The second-order valence-corrected chi connectivity index (χ2v) is 7.33. The molecule has 3 aromatic carbocycles. The molecule has 7 nitrogen and oxygen atoms in total. The Balaban J connectivity index is 2.11. The second-order valence-electron chi connectivity index (χ2n) is 7.33. The van der Waals surface area contributed by atoms with Gasteiger partial charge in [0.05, 0.1) is 16.9 Å². The van der Waals surface area contributed by atoms with Crippen LogP contribution >= 0.6 is 0 Å². The first-order chi connectivity index (χ1) is 15.5. The molecule has 1 heterocycles. The van der Waals surface area contributed by atoms with Gasteiger partial charge in [0.15, 0.2) is 5.78 Å². The minimum Gasteiger partial charge on any atom is -0.288 e. The van der Waals surface area contributed by atoms with Crippen molar-refractivity contribution in [3.8, 4) is 16.9 Å². The van der Waals surface area contributed by atoms with Gasteiger partial charge in [0.1, 0.15) is 5.69 Å². The summed E-state index contributed by atoms with van der Waals surface area (Å²) in [5, 5.41) is 7.73. The summed E-state index contributed by atoms with van der Waals surface area (Å²) in [6, 6.07) is 23.8. The maximum Gasteiger partial charge on any atom is 0.270 e. The van der Waals surface area contributed by atoms with Crippen molar-refractivity contribution < 1.29 is 9.59 Å². The summed E-state index contributed by atoms with van der Waals surface area (Å²) >= 11 is 0. The van der Waals surface area contributed by atoms with Crippen LogP contribution in [-0.4, -0.2) is 21.5 Å². The molecular formula is C25H19N5O2. The van der Waals surface area contributed by atoms with Gasteiger partial charge < -0.3 is 0 Å². The summed E-state index contributed by atoms with van der Waals surface area (Å²) in [5.74, 6) is -1.29. The van der Waals surface area contributed by atoms with Gasteiger partial charge in [0.25, 0.3) is 5.91 Å². The molecule has 1 amide bonds. The summed E-state index contributed by atoms with van der Waals surface area (Å²) < 4.78 is 1.59. The third kappa shape index (κ3) is 3.80. The Hall–Kier alpha value is -4.48. The molecule has 0 aliphatic rings. The van der Waals surface area contributed by atoms with Gasteiger partial charge in [-0.15, -0.1) is 0 Å². The minimum atomic E-state index is -0.909. The average Bonchev–Trinajstić information content (AvgIpc) is 3.22. The van der Waals surface area contributed by atoms with E-state index in [1.165, 1.54) is 0 Å². The van der Waals surface area contributed by atoms with E-state index in [1.54, 1.807) is 35.0 Å². The van der Waals surface area contributed by atoms with Crippen molar-refractivity contribution >= 4 is 11.7 Å². The lowest BCUT2D eigenvalue weighted by Gasteiger charge is -2.13. The molecule has 0 saturated heterocycles. The van der Waals surface area contributed by atoms with Crippen LogP contribution < -0.4 is 0 Å². The number of nitrogens with zero attached hydrogens (tertiary/aromatic N) is 5. The number of carbonyl (C=O) groups excluding carboxylic acids is 2. The highest BCUT2D eigenvalue weighted by Gasteiger charge is 2.30. The number of aromatic nitrogens is 2. The maximum atomic E-state index is 13.6. The predicted molar refractivity (Wildman–Crippen MR) is 122 cm³/mol. The van der Waals surface area contributed by atoms with Crippen LogP contribution in [0, 0.1) is 13.8 Å². The van der Waals surface area contributed by atoms with Crippen LogP contribution in [0.15, 0.2) is 84.0 Å². The topological polar surface area (TPSA) is 101 Å². The Morgan fingerprint density at radius 3 is 2.25 bits per heavy atom. The molecular weight excluding hydrogens is 402 g/mol. The van der Waals surface area contributed by atoms with Gasteiger partial charge in [-0.1, -0.05) is 72.8 Å². The third-order valence-electron chi connectivity index (χ3n) is 5.13. The van der Waals surface area contributed by atoms with Gasteiger partial charge in [-0.2, -0.15) is 5.10 Å². The first-order valence-corrected chi connectivity index (χ1v) is 9.96. The molecule has 4 aromatic rings. The van der Waals surface area contributed by atoms with Crippen LogP contribution in [0.5, 0.6) is 0 Å². The number of amides is 1. The maximum absolute atomic E-state index is 13.6. The molecule has 1 aromatic heterocycles. The number of rotatable bonds is 5. The van der Waals surface area contributed by atoms with Crippen molar-refractivity contribution in [1.29, 1.82) is 0 Å². The fraction of sp³-hybridized carbons (Fsp3) is 0.0800. The fourth-order valence-electron chi connectivity index (χ4n) is 3.59. The number of benzene rings is 3. The van der Waals surface area contributed by atoms with Gasteiger partial charge in [0.2, 0.25) is 0 Å². The predicted octanol–water partition coefficient (Wildman–Crippen LogP) is 5.84. The van der Waals surface area contributed by atoms with E-state index in [0.29, 0.717) is 16.8 Å². The Morgan fingerprint density at radius 2 is 1.59 bits per heavy atom. The van der Waals surface area contributed by atoms with Crippen LogP contribution in [0.4, 0.5) is 0 Å². The van der Waals surface area contributed by atoms with Crippen LogP contribution in [0.25, 0.3) is 27.4 Å². The van der Waals surface area contributed by atoms with E-state index < -0.39 is 5.91 Å². The molecule has 32 heavy (non-hydrogen) atoms. The van der Waals surface area contributed by atoms with E-state index in [0.717, 1.165) is 16.8 Å². The van der Waals surface area contributed by atoms with Gasteiger partial charge >= 0.3 is 0 Å². The molecule has 0 N–H and O–H groups in total. The molecule has 0 aliphatic heterocycles. The molecule has 0 radical (unpaired) electrons. The zero-order valence-corrected chi connectivity index (χ0v) is 17.6. The monoisotopic (exact) mass is 421 g/mol. The summed E-state index contributed by atoms with van der Waals surface area (Å²) in [6.07, 6.45) is 0. The zero-order valence-electron chi connectivity index (χ0n) is 17.6. The highest BCUT2D eigenvalue weighted by molar-refractivity contribution is 6.18. The normalized spacial score (nSPS) is 10.4. The molecule has 0 fully saturated rings. The van der Waals surface area contributed by atoms with Crippen LogP contribution in [0.2, 0.25) is 0 Å². The van der Waals surface area contributed by atoms with Gasteiger partial charge in [-0.3, -0.25) is 9.59 Å². The molecule has 0 aliphatic carbocycles. The van der Waals surface area contributed by atoms with Crippen molar-refractivity contribution in [2.75, 3.05) is 0 Å². The van der Waals surface area contributed by atoms with E-state index in [-0.39, 0.29) is 17.0 Å². The Bertz CT molecular complexity index is 1370. The number of ketones is 1. The van der Waals surface area contributed by atoms with E-state index in [9.17, 15) is 9.59 Å². The molecule has 4 rings (SSSR count). The number of aryl methyl sites for hydroxylation is 2. The number of hydrogen-bond acceptors (Lipinski definition) is 3. The van der Waals surface area contributed by atoms with Crippen molar-refractivity contribution in [3.05, 3.63) is 117 Å². The highest BCUT2D eigenvalue weighted by atomic mass is 16.2. The van der Waals surface area contributed by atoms with E-state index in [4.69, 9.17) is 5.53 Å². The van der Waals surface area contributed by atoms with E-state index >= 15 is 0 Å². The SMILES string of the molecule is Cc1ccc(C)c(-n2nc(C(=O)N=[N+]=[N-])c(C(=O)c3ccccc3)c2-c2ccccc2)c1. The molecule has 0 bridgehead atoms. The van der Waals surface area contributed by atoms with Crippen molar-refractivity contribution in [1.82, 2.24) is 9.78 Å². The molecule has 0 saturated carbocycles. The van der Waals surface area contributed by atoms with Crippen LogP contribution in [0.3, 0.4) is 0 Å². The second kappa shape index (κ2) is 8.71. The first kappa shape index (κ1) is 20.8. The highest BCUT2D eigenvalue weighted by Crippen LogP contribution is 2.33. The average molecular weight is 421 g/mol. The van der Waals surface area contributed by atoms with Gasteiger partial charge in [-0.05, 0) is 41.7 Å². The molecule has 156 valence electrons.